The molecule has 0 fully saturated rings. The van der Waals surface area contributed by atoms with Gasteiger partial charge in [0.15, 0.2) is 10.8 Å². The molecule has 1 aromatic carbocycles. The lowest BCUT2D eigenvalue weighted by Gasteiger charge is -2.16. The molecule has 0 aliphatic carbocycles. The monoisotopic (exact) mass is 265 g/mol. The molecule has 1 heterocycles. The summed E-state index contributed by atoms with van der Waals surface area (Å²) in [6.45, 7) is 0. The minimum absolute atomic E-state index is 0.172. The molecule has 0 aliphatic rings. The average Bonchev–Trinajstić information content (AvgIpc) is 2.39. The molecular weight excluding hydrogens is 257 g/mol. The van der Waals surface area contributed by atoms with Crippen LogP contribution in [0.2, 0.25) is 5.15 Å². The lowest BCUT2D eigenvalue weighted by molar-refractivity contribution is 0.0987. The lowest BCUT2D eigenvalue weighted by Crippen LogP contribution is -2.27. The lowest BCUT2D eigenvalue weighted by atomic mass is 10.2. The first-order valence-electron chi connectivity index (χ1n) is 5.11. The standard InChI is InChI=1S/C12H9ClFN3O/c1-17(9-4-2-8(14)3-5-9)12(18)10-6-7-11(13)16-15-10/h2-7H,1H3. The first-order valence-corrected chi connectivity index (χ1v) is 5.48. The molecule has 2 rings (SSSR count). The highest BCUT2D eigenvalue weighted by Gasteiger charge is 2.15. The summed E-state index contributed by atoms with van der Waals surface area (Å²) >= 11 is 5.59. The maximum Gasteiger partial charge on any atom is 0.278 e. The third-order valence-electron chi connectivity index (χ3n) is 2.37. The van der Waals surface area contributed by atoms with Crippen molar-refractivity contribution < 1.29 is 9.18 Å². The zero-order valence-corrected chi connectivity index (χ0v) is 10.2. The normalized spacial score (nSPS) is 10.2. The highest BCUT2D eigenvalue weighted by molar-refractivity contribution is 6.29. The number of carbonyl (C=O) groups is 1. The molecular formula is C12H9ClFN3O. The SMILES string of the molecule is CN(C(=O)c1ccc(Cl)nn1)c1ccc(F)cc1. The van der Waals surface area contributed by atoms with Crippen LogP contribution in [-0.2, 0) is 0 Å². The summed E-state index contributed by atoms with van der Waals surface area (Å²) in [5, 5.41) is 7.51. The van der Waals surface area contributed by atoms with Crippen LogP contribution in [0.1, 0.15) is 10.5 Å². The summed E-state index contributed by atoms with van der Waals surface area (Å²) in [6, 6.07) is 8.56. The Morgan fingerprint density at radius 2 is 1.83 bits per heavy atom. The Hall–Kier alpha value is -2.01. The summed E-state index contributed by atoms with van der Waals surface area (Å²) in [6.07, 6.45) is 0. The van der Waals surface area contributed by atoms with Gasteiger partial charge in [-0.05, 0) is 36.4 Å². The molecule has 6 heteroatoms. The zero-order chi connectivity index (χ0) is 13.1. The van der Waals surface area contributed by atoms with Gasteiger partial charge in [0.2, 0.25) is 0 Å². The van der Waals surface area contributed by atoms with E-state index < -0.39 is 0 Å². The highest BCUT2D eigenvalue weighted by Crippen LogP contribution is 2.15. The minimum atomic E-state index is -0.356. The van der Waals surface area contributed by atoms with Gasteiger partial charge in [0.1, 0.15) is 5.82 Å². The molecule has 0 spiro atoms. The summed E-state index contributed by atoms with van der Waals surface area (Å²) in [5.74, 6) is -0.698. The third kappa shape index (κ3) is 2.62. The van der Waals surface area contributed by atoms with E-state index in [4.69, 9.17) is 11.6 Å². The van der Waals surface area contributed by atoms with Gasteiger partial charge in [0.25, 0.3) is 5.91 Å². The van der Waals surface area contributed by atoms with E-state index in [1.54, 1.807) is 7.05 Å². The quantitative estimate of drug-likeness (QED) is 0.838. The molecule has 0 saturated heterocycles. The van der Waals surface area contributed by atoms with E-state index in [0.29, 0.717) is 5.69 Å². The summed E-state index contributed by atoms with van der Waals surface area (Å²) in [7, 11) is 1.58. The van der Waals surface area contributed by atoms with E-state index in [1.807, 2.05) is 0 Å². The van der Waals surface area contributed by atoms with Crippen LogP contribution in [0.15, 0.2) is 36.4 Å². The number of hydrogen-bond acceptors (Lipinski definition) is 3. The molecule has 18 heavy (non-hydrogen) atoms. The van der Waals surface area contributed by atoms with E-state index in [1.165, 1.54) is 41.3 Å². The highest BCUT2D eigenvalue weighted by atomic mass is 35.5. The molecule has 4 nitrogen and oxygen atoms in total. The van der Waals surface area contributed by atoms with Crippen LogP contribution in [0.25, 0.3) is 0 Å². The van der Waals surface area contributed by atoms with Crippen molar-refractivity contribution in [3.8, 4) is 0 Å². The van der Waals surface area contributed by atoms with Crippen molar-refractivity contribution in [3.05, 3.63) is 53.1 Å². The number of benzene rings is 1. The molecule has 1 aromatic heterocycles. The predicted octanol–water partition coefficient (Wildman–Crippen LogP) is 2.55. The second-order valence-corrected chi connectivity index (χ2v) is 3.97. The molecule has 0 bridgehead atoms. The van der Waals surface area contributed by atoms with Crippen molar-refractivity contribution >= 4 is 23.2 Å². The summed E-state index contributed by atoms with van der Waals surface area (Å²) in [4.78, 5) is 13.4. The van der Waals surface area contributed by atoms with Gasteiger partial charge >= 0.3 is 0 Å². The third-order valence-corrected chi connectivity index (χ3v) is 2.57. The smallest absolute Gasteiger partial charge is 0.278 e. The van der Waals surface area contributed by atoms with Gasteiger partial charge < -0.3 is 4.90 Å². The fourth-order valence-corrected chi connectivity index (χ4v) is 1.48. The van der Waals surface area contributed by atoms with Gasteiger partial charge in [0, 0.05) is 12.7 Å². The number of amides is 1. The molecule has 0 saturated carbocycles. The number of rotatable bonds is 2. The molecule has 0 radical (unpaired) electrons. The van der Waals surface area contributed by atoms with Crippen LogP contribution in [0.4, 0.5) is 10.1 Å². The van der Waals surface area contributed by atoms with E-state index in [9.17, 15) is 9.18 Å². The number of halogens is 2. The maximum absolute atomic E-state index is 12.8. The molecule has 0 N–H and O–H groups in total. The van der Waals surface area contributed by atoms with Crippen LogP contribution in [0.5, 0.6) is 0 Å². The van der Waals surface area contributed by atoms with Crippen molar-refractivity contribution in [2.45, 2.75) is 0 Å². The van der Waals surface area contributed by atoms with E-state index in [2.05, 4.69) is 10.2 Å². The van der Waals surface area contributed by atoms with Crippen molar-refractivity contribution in [1.29, 1.82) is 0 Å². The second-order valence-electron chi connectivity index (χ2n) is 3.58. The first kappa shape index (κ1) is 12.4. The van der Waals surface area contributed by atoms with Crippen molar-refractivity contribution in [3.63, 3.8) is 0 Å². The van der Waals surface area contributed by atoms with Gasteiger partial charge in [-0.3, -0.25) is 4.79 Å². The number of aromatic nitrogens is 2. The van der Waals surface area contributed by atoms with Crippen molar-refractivity contribution in [2.75, 3.05) is 11.9 Å². The minimum Gasteiger partial charge on any atom is -0.310 e. The topological polar surface area (TPSA) is 46.1 Å². The second kappa shape index (κ2) is 5.10. The molecule has 0 unspecified atom stereocenters. The Balaban J connectivity index is 2.23. The fourth-order valence-electron chi connectivity index (χ4n) is 1.38. The first-order chi connectivity index (χ1) is 8.58. The van der Waals surface area contributed by atoms with Gasteiger partial charge in [-0.15, -0.1) is 10.2 Å². The van der Waals surface area contributed by atoms with Crippen LogP contribution < -0.4 is 4.90 Å². The summed E-state index contributed by atoms with van der Waals surface area (Å²) in [5.41, 5.74) is 0.740. The Morgan fingerprint density at radius 3 is 2.39 bits per heavy atom. The largest absolute Gasteiger partial charge is 0.310 e. The van der Waals surface area contributed by atoms with Crippen molar-refractivity contribution in [1.82, 2.24) is 10.2 Å². The predicted molar refractivity (Wildman–Crippen MR) is 66.2 cm³/mol. The number of nitrogens with zero attached hydrogens (tertiary/aromatic N) is 3. The van der Waals surface area contributed by atoms with Crippen LogP contribution >= 0.6 is 11.6 Å². The van der Waals surface area contributed by atoms with E-state index in [0.717, 1.165) is 0 Å². The maximum atomic E-state index is 12.8. The van der Waals surface area contributed by atoms with Crippen LogP contribution in [-0.4, -0.2) is 23.2 Å². The Morgan fingerprint density at radius 1 is 1.17 bits per heavy atom. The average molecular weight is 266 g/mol. The van der Waals surface area contributed by atoms with Crippen LogP contribution in [0, 0.1) is 5.82 Å². The molecule has 1 amide bonds. The van der Waals surface area contributed by atoms with Crippen LogP contribution in [0.3, 0.4) is 0 Å². The van der Waals surface area contributed by atoms with E-state index >= 15 is 0 Å². The Kier molecular flexibility index (Phi) is 3.53. The van der Waals surface area contributed by atoms with Gasteiger partial charge in [-0.1, -0.05) is 11.6 Å². The van der Waals surface area contributed by atoms with Crippen molar-refractivity contribution in [2.24, 2.45) is 0 Å². The fraction of sp³-hybridized carbons (Fsp3) is 0.0833. The molecule has 2 aromatic rings. The van der Waals surface area contributed by atoms with Gasteiger partial charge in [0.05, 0.1) is 0 Å². The Bertz CT molecular complexity index is 557. The zero-order valence-electron chi connectivity index (χ0n) is 9.47. The molecule has 0 atom stereocenters. The number of carbonyl (C=O) groups excluding carboxylic acids is 1. The Labute approximate surface area is 108 Å². The summed E-state index contributed by atoms with van der Waals surface area (Å²) < 4.78 is 12.8. The molecule has 92 valence electrons. The van der Waals surface area contributed by atoms with E-state index in [-0.39, 0.29) is 22.6 Å². The number of hydrogen-bond donors (Lipinski definition) is 0. The van der Waals surface area contributed by atoms with Gasteiger partial charge in [-0.25, -0.2) is 4.39 Å². The van der Waals surface area contributed by atoms with Gasteiger partial charge in [-0.2, -0.15) is 0 Å². The number of anilines is 1. The molecule has 0 aliphatic heterocycles.